The van der Waals surface area contributed by atoms with Gasteiger partial charge in [-0.1, -0.05) is 48.5 Å². The molecule has 27 heavy (non-hydrogen) atoms. The average molecular weight is 392 g/mol. The number of nitrogens with one attached hydrogen (secondary N) is 1. The van der Waals surface area contributed by atoms with Crippen molar-refractivity contribution in [1.82, 2.24) is 10.3 Å². The first-order valence-electron chi connectivity index (χ1n) is 7.93. The van der Waals surface area contributed by atoms with Crippen LogP contribution in [0, 0.1) is 0 Å². The highest BCUT2D eigenvalue weighted by atomic mass is 32.1. The number of alkyl halides is 3. The fourth-order valence-corrected chi connectivity index (χ4v) is 3.48. The maximum Gasteiger partial charge on any atom is 0.435 e. The fraction of sp³-hybridized carbons (Fsp3) is 0.158. The number of nitrogens with zero attached hydrogens (tertiary/aromatic N) is 1. The monoisotopic (exact) mass is 392 g/mol. The van der Waals surface area contributed by atoms with Gasteiger partial charge in [0.05, 0.1) is 7.11 Å². The molecule has 4 nitrogen and oxygen atoms in total. The third-order valence-electron chi connectivity index (χ3n) is 3.75. The molecule has 1 N–H and O–H groups in total. The van der Waals surface area contributed by atoms with Gasteiger partial charge < -0.3 is 10.1 Å². The lowest BCUT2D eigenvalue weighted by atomic mass is 10.2. The third kappa shape index (κ3) is 4.28. The molecule has 1 heterocycles. The van der Waals surface area contributed by atoms with E-state index in [1.807, 2.05) is 0 Å². The van der Waals surface area contributed by atoms with Gasteiger partial charge in [0.15, 0.2) is 5.69 Å². The number of hydrogen-bond acceptors (Lipinski definition) is 4. The molecule has 1 aromatic heterocycles. The van der Waals surface area contributed by atoms with Gasteiger partial charge in [0.25, 0.3) is 5.91 Å². The van der Waals surface area contributed by atoms with Crippen molar-refractivity contribution in [2.45, 2.75) is 12.7 Å². The second-order valence-corrected chi connectivity index (χ2v) is 6.55. The van der Waals surface area contributed by atoms with Gasteiger partial charge in [-0.3, -0.25) is 4.79 Å². The van der Waals surface area contributed by atoms with Crippen molar-refractivity contribution >= 4 is 17.2 Å². The van der Waals surface area contributed by atoms with Crippen molar-refractivity contribution < 1.29 is 22.7 Å². The summed E-state index contributed by atoms with van der Waals surface area (Å²) in [6.07, 6.45) is -4.72. The van der Waals surface area contributed by atoms with E-state index in [0.717, 1.165) is 11.3 Å². The summed E-state index contributed by atoms with van der Waals surface area (Å²) in [7, 11) is 1.48. The molecular weight excluding hydrogens is 377 g/mol. The highest BCUT2D eigenvalue weighted by Gasteiger charge is 2.39. The van der Waals surface area contributed by atoms with E-state index in [1.165, 1.54) is 7.11 Å². The van der Waals surface area contributed by atoms with Crippen molar-refractivity contribution in [2.24, 2.45) is 0 Å². The Kier molecular flexibility index (Phi) is 5.46. The standard InChI is InChI=1S/C19H15F3N2O2S/c1-26-14-10-6-5-9-13(14)11-23-17(25)15-16(19(20,21)22)24-18(27-15)12-7-3-2-4-8-12/h2-10H,11H2,1H3,(H,23,25). The Bertz CT molecular complexity index is 940. The number of thiazole rings is 1. The molecule has 0 saturated carbocycles. The Morgan fingerprint density at radius 1 is 1.11 bits per heavy atom. The van der Waals surface area contributed by atoms with Crippen molar-refractivity contribution in [3.8, 4) is 16.3 Å². The quantitative estimate of drug-likeness (QED) is 0.681. The summed E-state index contributed by atoms with van der Waals surface area (Å²) in [5.41, 5.74) is 0.00960. The summed E-state index contributed by atoms with van der Waals surface area (Å²) in [6, 6.07) is 15.4. The van der Waals surface area contributed by atoms with Crippen molar-refractivity contribution in [3.63, 3.8) is 0 Å². The third-order valence-corrected chi connectivity index (χ3v) is 4.86. The number of carbonyl (C=O) groups is 1. The van der Waals surface area contributed by atoms with E-state index in [2.05, 4.69) is 10.3 Å². The Morgan fingerprint density at radius 2 is 1.78 bits per heavy atom. The fourth-order valence-electron chi connectivity index (χ4n) is 2.48. The van der Waals surface area contributed by atoms with Gasteiger partial charge in [-0.2, -0.15) is 13.2 Å². The van der Waals surface area contributed by atoms with Crippen molar-refractivity contribution in [2.75, 3.05) is 7.11 Å². The molecule has 3 rings (SSSR count). The normalized spacial score (nSPS) is 11.3. The zero-order valence-corrected chi connectivity index (χ0v) is 15.0. The number of amides is 1. The summed E-state index contributed by atoms with van der Waals surface area (Å²) in [5.74, 6) is -0.281. The SMILES string of the molecule is COc1ccccc1CNC(=O)c1sc(-c2ccccc2)nc1C(F)(F)F. The first kappa shape index (κ1) is 18.9. The predicted molar refractivity (Wildman–Crippen MR) is 96.7 cm³/mol. The molecule has 0 fully saturated rings. The molecule has 0 aliphatic heterocycles. The molecule has 0 saturated heterocycles. The van der Waals surface area contributed by atoms with E-state index < -0.39 is 22.7 Å². The molecule has 0 radical (unpaired) electrons. The molecule has 3 aromatic rings. The number of aromatic nitrogens is 1. The Morgan fingerprint density at radius 3 is 2.44 bits per heavy atom. The number of hydrogen-bond donors (Lipinski definition) is 1. The summed E-state index contributed by atoms with van der Waals surface area (Å²) in [4.78, 5) is 15.7. The van der Waals surface area contributed by atoms with Crippen LogP contribution in [0.2, 0.25) is 0 Å². The number of carbonyl (C=O) groups excluding carboxylic acids is 1. The molecule has 0 aliphatic carbocycles. The lowest BCUT2D eigenvalue weighted by Gasteiger charge is -2.10. The van der Waals surface area contributed by atoms with Crippen LogP contribution >= 0.6 is 11.3 Å². The first-order chi connectivity index (χ1) is 12.9. The van der Waals surface area contributed by atoms with Gasteiger partial charge in [0, 0.05) is 17.7 Å². The van der Waals surface area contributed by atoms with Crippen LogP contribution in [0.25, 0.3) is 10.6 Å². The van der Waals surface area contributed by atoms with Gasteiger partial charge in [-0.05, 0) is 6.07 Å². The van der Waals surface area contributed by atoms with E-state index in [-0.39, 0.29) is 11.6 Å². The summed E-state index contributed by atoms with van der Waals surface area (Å²) < 4.78 is 45.3. The van der Waals surface area contributed by atoms with E-state index in [4.69, 9.17) is 4.74 Å². The van der Waals surface area contributed by atoms with Crippen LogP contribution in [0.3, 0.4) is 0 Å². The highest BCUT2D eigenvalue weighted by Crippen LogP contribution is 2.37. The molecule has 0 unspecified atom stereocenters. The van der Waals surface area contributed by atoms with Crippen LogP contribution in [0.5, 0.6) is 5.75 Å². The topological polar surface area (TPSA) is 51.2 Å². The highest BCUT2D eigenvalue weighted by molar-refractivity contribution is 7.17. The smallest absolute Gasteiger partial charge is 0.435 e. The van der Waals surface area contributed by atoms with Gasteiger partial charge in [0.2, 0.25) is 0 Å². The van der Waals surface area contributed by atoms with E-state index in [9.17, 15) is 18.0 Å². The Hall–Kier alpha value is -2.87. The number of benzene rings is 2. The van der Waals surface area contributed by atoms with Crippen LogP contribution < -0.4 is 10.1 Å². The van der Waals surface area contributed by atoms with Crippen LogP contribution in [0.15, 0.2) is 54.6 Å². The molecule has 0 aliphatic rings. The van der Waals surface area contributed by atoms with Crippen molar-refractivity contribution in [1.29, 1.82) is 0 Å². The lowest BCUT2D eigenvalue weighted by molar-refractivity contribution is -0.141. The molecule has 140 valence electrons. The van der Waals surface area contributed by atoms with Gasteiger partial charge in [-0.25, -0.2) is 4.98 Å². The van der Waals surface area contributed by atoms with E-state index in [0.29, 0.717) is 16.9 Å². The molecule has 8 heteroatoms. The second kappa shape index (κ2) is 7.79. The van der Waals surface area contributed by atoms with Gasteiger partial charge >= 0.3 is 6.18 Å². The summed E-state index contributed by atoms with van der Waals surface area (Å²) in [6.45, 7) is 0.0404. The molecular formula is C19H15F3N2O2S. The zero-order chi connectivity index (χ0) is 19.4. The maximum absolute atomic E-state index is 13.4. The Labute approximate surface area is 157 Å². The minimum Gasteiger partial charge on any atom is -0.496 e. The lowest BCUT2D eigenvalue weighted by Crippen LogP contribution is -2.25. The van der Waals surface area contributed by atoms with E-state index in [1.54, 1.807) is 54.6 Å². The number of ether oxygens (including phenoxy) is 1. The molecule has 0 spiro atoms. The van der Waals surface area contributed by atoms with Gasteiger partial charge in [-0.15, -0.1) is 11.3 Å². The number of rotatable bonds is 5. The molecule has 0 atom stereocenters. The van der Waals surface area contributed by atoms with Crippen LogP contribution in [-0.2, 0) is 12.7 Å². The number of methoxy groups -OCH3 is 1. The predicted octanol–water partition coefficient (Wildman–Crippen LogP) is 4.77. The molecule has 2 aromatic carbocycles. The Balaban J connectivity index is 1.88. The summed E-state index contributed by atoms with van der Waals surface area (Å²) >= 11 is 0.718. The maximum atomic E-state index is 13.4. The minimum atomic E-state index is -4.72. The number of halogens is 3. The summed E-state index contributed by atoms with van der Waals surface area (Å²) in [5, 5.41) is 2.66. The van der Waals surface area contributed by atoms with Crippen LogP contribution in [-0.4, -0.2) is 18.0 Å². The largest absolute Gasteiger partial charge is 0.496 e. The van der Waals surface area contributed by atoms with Crippen molar-refractivity contribution in [3.05, 3.63) is 70.7 Å². The molecule has 0 bridgehead atoms. The average Bonchev–Trinajstić information content (AvgIpc) is 3.13. The minimum absolute atomic E-state index is 0.0404. The van der Waals surface area contributed by atoms with Crippen LogP contribution in [0.1, 0.15) is 20.9 Å². The first-order valence-corrected chi connectivity index (χ1v) is 8.75. The zero-order valence-electron chi connectivity index (χ0n) is 14.2. The van der Waals surface area contributed by atoms with Crippen LogP contribution in [0.4, 0.5) is 13.2 Å². The van der Waals surface area contributed by atoms with Gasteiger partial charge in [0.1, 0.15) is 15.6 Å². The molecule has 1 amide bonds. The second-order valence-electron chi connectivity index (χ2n) is 5.56. The van der Waals surface area contributed by atoms with E-state index >= 15 is 0 Å². The number of para-hydroxylation sites is 1.